The monoisotopic (exact) mass is 367 g/mol. The van der Waals surface area contributed by atoms with Crippen molar-refractivity contribution in [1.82, 2.24) is 0 Å². The van der Waals surface area contributed by atoms with Gasteiger partial charge in [-0.25, -0.2) is 4.79 Å². The van der Waals surface area contributed by atoms with Gasteiger partial charge in [0, 0.05) is 25.2 Å². The van der Waals surface area contributed by atoms with E-state index < -0.39 is 39.1 Å². The first kappa shape index (κ1) is 19.1. The van der Waals surface area contributed by atoms with E-state index in [0.29, 0.717) is 19.4 Å². The molecule has 0 bridgehead atoms. The zero-order valence-corrected chi connectivity index (χ0v) is 14.2. The van der Waals surface area contributed by atoms with Crippen molar-refractivity contribution in [3.05, 3.63) is 37.9 Å². The average molecular weight is 367 g/mol. The lowest BCUT2D eigenvalue weighted by Crippen LogP contribution is -2.39. The van der Waals surface area contributed by atoms with E-state index in [1.807, 2.05) is 0 Å². The van der Waals surface area contributed by atoms with Gasteiger partial charge in [0.1, 0.15) is 0 Å². The number of nitrogens with zero attached hydrogens (tertiary/aromatic N) is 3. The number of hydrogen-bond acceptors (Lipinski definition) is 9. The fourth-order valence-corrected chi connectivity index (χ4v) is 2.98. The Labute approximate surface area is 147 Å². The molecule has 1 aromatic carbocycles. The molecule has 0 aliphatic carbocycles. The Kier molecular flexibility index (Phi) is 5.70. The summed E-state index contributed by atoms with van der Waals surface area (Å²) >= 11 is 0. The van der Waals surface area contributed by atoms with Crippen LogP contribution >= 0.6 is 0 Å². The Morgan fingerprint density at radius 1 is 1.12 bits per heavy atom. The first-order valence-electron chi connectivity index (χ1n) is 7.68. The summed E-state index contributed by atoms with van der Waals surface area (Å²) in [6, 6.07) is 1.88. The lowest BCUT2D eigenvalue weighted by molar-refractivity contribution is -0.392. The van der Waals surface area contributed by atoms with Crippen LogP contribution in [0.25, 0.3) is 0 Å². The molecule has 0 amide bonds. The molecule has 0 aromatic heterocycles. The fourth-order valence-electron chi connectivity index (χ4n) is 2.98. The summed E-state index contributed by atoms with van der Waals surface area (Å²) in [4.78, 5) is 46.3. The van der Waals surface area contributed by atoms with Gasteiger partial charge in [0.2, 0.25) is 0 Å². The van der Waals surface area contributed by atoms with Crippen LogP contribution in [0.5, 0.6) is 0 Å². The number of nitro benzene ring substituents is 2. The number of piperidine rings is 1. The molecular formula is C15H17N3O8. The van der Waals surface area contributed by atoms with E-state index in [-0.39, 0.29) is 17.8 Å². The van der Waals surface area contributed by atoms with Crippen LogP contribution in [0.1, 0.15) is 23.2 Å². The number of anilines is 1. The molecule has 0 saturated carbocycles. The van der Waals surface area contributed by atoms with E-state index in [9.17, 15) is 29.8 Å². The molecule has 1 saturated heterocycles. The van der Waals surface area contributed by atoms with Crippen molar-refractivity contribution in [2.45, 2.75) is 12.8 Å². The van der Waals surface area contributed by atoms with E-state index in [1.54, 1.807) is 0 Å². The van der Waals surface area contributed by atoms with E-state index >= 15 is 0 Å². The predicted octanol–water partition coefficient (Wildman–Crippen LogP) is 1.68. The van der Waals surface area contributed by atoms with Crippen molar-refractivity contribution >= 4 is 29.0 Å². The van der Waals surface area contributed by atoms with Gasteiger partial charge < -0.3 is 14.4 Å². The molecule has 1 aliphatic rings. The molecule has 1 aromatic rings. The third-order valence-corrected chi connectivity index (χ3v) is 4.16. The maximum Gasteiger partial charge on any atom is 0.338 e. The van der Waals surface area contributed by atoms with Gasteiger partial charge in [0.05, 0.1) is 35.5 Å². The van der Waals surface area contributed by atoms with E-state index in [4.69, 9.17) is 4.74 Å². The van der Waals surface area contributed by atoms with Crippen LogP contribution in [0, 0.1) is 26.1 Å². The Bertz CT molecular complexity index is 728. The van der Waals surface area contributed by atoms with Gasteiger partial charge in [0.25, 0.3) is 0 Å². The predicted molar refractivity (Wildman–Crippen MR) is 88.0 cm³/mol. The number of ether oxygens (including phenoxy) is 2. The van der Waals surface area contributed by atoms with Gasteiger partial charge in [0.15, 0.2) is 5.69 Å². The lowest BCUT2D eigenvalue weighted by atomic mass is 9.97. The zero-order valence-electron chi connectivity index (χ0n) is 14.2. The Morgan fingerprint density at radius 3 is 2.15 bits per heavy atom. The van der Waals surface area contributed by atoms with Gasteiger partial charge >= 0.3 is 23.3 Å². The van der Waals surface area contributed by atoms with Gasteiger partial charge in [-0.1, -0.05) is 0 Å². The van der Waals surface area contributed by atoms with Crippen LogP contribution in [-0.4, -0.2) is 49.1 Å². The Balaban J connectivity index is 2.58. The molecule has 0 spiro atoms. The van der Waals surface area contributed by atoms with E-state index in [1.165, 1.54) is 12.0 Å². The number of methoxy groups -OCH3 is 2. The quantitative estimate of drug-likeness (QED) is 0.431. The number of hydrogen-bond donors (Lipinski definition) is 0. The average Bonchev–Trinajstić information content (AvgIpc) is 2.65. The smallest absolute Gasteiger partial charge is 0.338 e. The molecule has 2 rings (SSSR count). The van der Waals surface area contributed by atoms with Crippen molar-refractivity contribution in [3.63, 3.8) is 0 Å². The second-order valence-corrected chi connectivity index (χ2v) is 5.68. The summed E-state index contributed by atoms with van der Waals surface area (Å²) < 4.78 is 9.20. The summed E-state index contributed by atoms with van der Waals surface area (Å²) in [5.41, 5.74) is -1.72. The largest absolute Gasteiger partial charge is 0.469 e. The molecule has 1 heterocycles. The van der Waals surface area contributed by atoms with Gasteiger partial charge in [-0.15, -0.1) is 0 Å². The minimum atomic E-state index is -0.922. The summed E-state index contributed by atoms with van der Waals surface area (Å²) in [6.45, 7) is 0.346. The highest BCUT2D eigenvalue weighted by Crippen LogP contribution is 2.40. The molecule has 0 N–H and O–H groups in total. The van der Waals surface area contributed by atoms with Gasteiger partial charge in [-0.05, 0) is 12.8 Å². The van der Waals surface area contributed by atoms with Crippen LogP contribution < -0.4 is 4.90 Å². The van der Waals surface area contributed by atoms with Crippen LogP contribution in [0.4, 0.5) is 17.1 Å². The second kappa shape index (κ2) is 7.76. The standard InChI is InChI=1S/C15H17N3O8/c1-25-14(19)9-4-3-5-16(8-9)13-11(17(21)22)6-10(15(20)26-2)7-12(13)18(23)24/h6-7,9H,3-5,8H2,1-2H3. The van der Waals surface area contributed by atoms with Gasteiger partial charge in [-0.3, -0.25) is 25.0 Å². The van der Waals surface area contributed by atoms with Gasteiger partial charge in [-0.2, -0.15) is 0 Å². The van der Waals surface area contributed by atoms with Crippen molar-refractivity contribution in [1.29, 1.82) is 0 Å². The third-order valence-electron chi connectivity index (χ3n) is 4.16. The van der Waals surface area contributed by atoms with E-state index in [0.717, 1.165) is 19.2 Å². The summed E-state index contributed by atoms with van der Waals surface area (Å²) in [5, 5.41) is 23.0. The second-order valence-electron chi connectivity index (χ2n) is 5.68. The molecule has 1 fully saturated rings. The topological polar surface area (TPSA) is 142 Å². The number of esters is 2. The third kappa shape index (κ3) is 3.71. The highest BCUT2D eigenvalue weighted by Gasteiger charge is 2.36. The molecule has 26 heavy (non-hydrogen) atoms. The van der Waals surface area contributed by atoms with Crippen molar-refractivity contribution in [2.24, 2.45) is 5.92 Å². The maximum absolute atomic E-state index is 11.8. The molecule has 1 aliphatic heterocycles. The molecule has 11 heteroatoms. The first-order valence-corrected chi connectivity index (χ1v) is 7.68. The number of rotatable bonds is 5. The number of nitro groups is 2. The SMILES string of the molecule is COC(=O)c1cc([N+](=O)[O-])c(N2CCCC(C(=O)OC)C2)c([N+](=O)[O-])c1. The minimum absolute atomic E-state index is 0.0475. The van der Waals surface area contributed by atoms with Crippen LogP contribution in [0.2, 0.25) is 0 Å². The fraction of sp³-hybridized carbons (Fsp3) is 0.467. The maximum atomic E-state index is 11.8. The number of carbonyl (C=O) groups excluding carboxylic acids is 2. The highest BCUT2D eigenvalue weighted by atomic mass is 16.6. The molecule has 140 valence electrons. The van der Waals surface area contributed by atoms with Crippen molar-refractivity contribution < 1.29 is 28.9 Å². The van der Waals surface area contributed by atoms with Crippen LogP contribution in [0.3, 0.4) is 0 Å². The minimum Gasteiger partial charge on any atom is -0.469 e. The molecular weight excluding hydrogens is 350 g/mol. The molecule has 1 atom stereocenters. The summed E-state index contributed by atoms with van der Waals surface area (Å²) in [7, 11) is 2.30. The number of benzene rings is 1. The van der Waals surface area contributed by atoms with Crippen LogP contribution in [0.15, 0.2) is 12.1 Å². The summed E-state index contributed by atoms with van der Waals surface area (Å²) in [5.74, 6) is -1.95. The molecule has 11 nitrogen and oxygen atoms in total. The van der Waals surface area contributed by atoms with Crippen LogP contribution in [-0.2, 0) is 14.3 Å². The van der Waals surface area contributed by atoms with Crippen molar-refractivity contribution in [2.75, 3.05) is 32.2 Å². The first-order chi connectivity index (χ1) is 12.3. The number of carbonyl (C=O) groups is 2. The molecule has 1 unspecified atom stereocenters. The van der Waals surface area contributed by atoms with Crippen molar-refractivity contribution in [3.8, 4) is 0 Å². The Morgan fingerprint density at radius 2 is 1.69 bits per heavy atom. The normalized spacial score (nSPS) is 16.7. The van der Waals surface area contributed by atoms with E-state index in [2.05, 4.69) is 4.74 Å². The lowest BCUT2D eigenvalue weighted by Gasteiger charge is -2.32. The Hall–Kier alpha value is -3.24. The summed E-state index contributed by atoms with van der Waals surface area (Å²) in [6.07, 6.45) is 1.03. The molecule has 0 radical (unpaired) electrons. The highest BCUT2D eigenvalue weighted by molar-refractivity contribution is 5.94. The zero-order chi connectivity index (χ0) is 19.4.